The van der Waals surface area contributed by atoms with Crippen molar-refractivity contribution in [2.75, 3.05) is 27.2 Å². The molecule has 2 unspecified atom stereocenters. The molecule has 8 heteroatoms. The van der Waals surface area contributed by atoms with Gasteiger partial charge in [0.25, 0.3) is 0 Å². The van der Waals surface area contributed by atoms with E-state index in [1.165, 1.54) is 0 Å². The van der Waals surface area contributed by atoms with Gasteiger partial charge in [-0.1, -0.05) is 26.0 Å². The van der Waals surface area contributed by atoms with E-state index in [9.17, 15) is 0 Å². The molecule has 0 bridgehead atoms. The second-order valence-corrected chi connectivity index (χ2v) is 7.02. The molecule has 4 N–H and O–H groups in total. The van der Waals surface area contributed by atoms with E-state index in [1.807, 2.05) is 12.1 Å². The maximum absolute atomic E-state index is 9.06. The van der Waals surface area contributed by atoms with Crippen molar-refractivity contribution in [1.29, 1.82) is 0 Å². The summed E-state index contributed by atoms with van der Waals surface area (Å²) in [6.45, 7) is 2.40. The van der Waals surface area contributed by atoms with Crippen molar-refractivity contribution in [2.45, 2.75) is 26.7 Å². The Kier molecular flexibility index (Phi) is 9.69. The van der Waals surface area contributed by atoms with Gasteiger partial charge in [-0.2, -0.15) is 0 Å². The molecule has 0 aliphatic heterocycles. The SMILES string of the molecule is CC(Cc1ccc(OCO)c(OCO)c1)C(C)Cc1ccc(OCO)c(OCO)c1. The smallest absolute Gasteiger partial charge is 0.186 e. The molecule has 0 aliphatic carbocycles. The molecule has 0 saturated heterocycles. The maximum atomic E-state index is 9.06. The van der Waals surface area contributed by atoms with Crippen molar-refractivity contribution in [3.63, 3.8) is 0 Å². The van der Waals surface area contributed by atoms with E-state index < -0.39 is 27.2 Å². The van der Waals surface area contributed by atoms with Gasteiger partial charge in [-0.25, -0.2) is 0 Å². The van der Waals surface area contributed by atoms with Crippen molar-refractivity contribution in [1.82, 2.24) is 0 Å². The Morgan fingerprint density at radius 1 is 0.567 bits per heavy atom. The van der Waals surface area contributed by atoms with Gasteiger partial charge in [0.1, 0.15) is 0 Å². The van der Waals surface area contributed by atoms with Crippen LogP contribution in [0.1, 0.15) is 25.0 Å². The Bertz CT molecular complexity index is 714. The number of hydrogen-bond donors (Lipinski definition) is 4. The van der Waals surface area contributed by atoms with Crippen LogP contribution < -0.4 is 18.9 Å². The van der Waals surface area contributed by atoms with Crippen LogP contribution >= 0.6 is 0 Å². The fourth-order valence-corrected chi connectivity index (χ4v) is 3.25. The maximum Gasteiger partial charge on any atom is 0.186 e. The summed E-state index contributed by atoms with van der Waals surface area (Å²) in [5.41, 5.74) is 2.05. The highest BCUT2D eigenvalue weighted by atomic mass is 16.6. The third kappa shape index (κ3) is 6.77. The average Bonchev–Trinajstić information content (AvgIpc) is 2.72. The molecule has 0 amide bonds. The lowest BCUT2D eigenvalue weighted by Crippen LogP contribution is -2.14. The van der Waals surface area contributed by atoms with Crippen molar-refractivity contribution < 1.29 is 39.4 Å². The van der Waals surface area contributed by atoms with Gasteiger partial charge in [0.2, 0.25) is 0 Å². The first-order chi connectivity index (χ1) is 14.5. The molecule has 166 valence electrons. The summed E-state index contributed by atoms with van der Waals surface area (Å²) in [6, 6.07) is 10.9. The normalized spacial score (nSPS) is 12.9. The van der Waals surface area contributed by atoms with Gasteiger partial charge in [-0.3, -0.25) is 0 Å². The minimum atomic E-state index is -0.481. The molecule has 2 aromatic carbocycles. The minimum Gasteiger partial charge on any atom is -0.464 e. The standard InChI is InChI=1S/C22H30O8/c1-15(7-17-3-5-19(27-11-23)21(9-17)29-13-25)16(2)8-18-4-6-20(28-12-24)22(10-18)30-14-26/h3-6,9-10,15-16,23-26H,7-8,11-14H2,1-2H3. The molecule has 0 spiro atoms. The number of aliphatic hydroxyl groups is 4. The van der Waals surface area contributed by atoms with Gasteiger partial charge in [-0.05, 0) is 60.1 Å². The molecule has 0 radical (unpaired) electrons. The summed E-state index contributed by atoms with van der Waals surface area (Å²) in [7, 11) is 0. The topological polar surface area (TPSA) is 118 Å². The predicted octanol–water partition coefficient (Wildman–Crippen LogP) is 2.06. The van der Waals surface area contributed by atoms with Crippen molar-refractivity contribution in [2.24, 2.45) is 11.8 Å². The molecule has 0 heterocycles. The van der Waals surface area contributed by atoms with Crippen LogP contribution in [0.5, 0.6) is 23.0 Å². The zero-order valence-corrected chi connectivity index (χ0v) is 17.3. The van der Waals surface area contributed by atoms with Gasteiger partial charge in [-0.15, -0.1) is 0 Å². The van der Waals surface area contributed by atoms with Crippen molar-refractivity contribution in [3.8, 4) is 23.0 Å². The summed E-state index contributed by atoms with van der Waals surface area (Å²) in [5.74, 6) is 2.16. The Morgan fingerprint density at radius 2 is 0.900 bits per heavy atom. The van der Waals surface area contributed by atoms with Gasteiger partial charge >= 0.3 is 0 Å². The van der Waals surface area contributed by atoms with Crippen LogP contribution in [0, 0.1) is 11.8 Å². The number of ether oxygens (including phenoxy) is 4. The van der Waals surface area contributed by atoms with Crippen molar-refractivity contribution >= 4 is 0 Å². The Labute approximate surface area is 176 Å². The van der Waals surface area contributed by atoms with Crippen LogP contribution in [-0.4, -0.2) is 47.6 Å². The zero-order chi connectivity index (χ0) is 21.9. The van der Waals surface area contributed by atoms with Crippen LogP contribution in [0.2, 0.25) is 0 Å². The fourth-order valence-electron chi connectivity index (χ4n) is 3.25. The van der Waals surface area contributed by atoms with Crippen LogP contribution in [0.15, 0.2) is 36.4 Å². The quantitative estimate of drug-likeness (QED) is 0.362. The molecule has 8 nitrogen and oxygen atoms in total. The molecule has 0 fully saturated rings. The van der Waals surface area contributed by atoms with Gasteiger partial charge < -0.3 is 39.4 Å². The number of benzene rings is 2. The Morgan fingerprint density at radius 3 is 1.23 bits per heavy atom. The van der Waals surface area contributed by atoms with Crippen LogP contribution in [0.4, 0.5) is 0 Å². The van der Waals surface area contributed by atoms with Gasteiger partial charge in [0, 0.05) is 0 Å². The average molecular weight is 422 g/mol. The molecule has 2 rings (SSSR count). The Balaban J connectivity index is 2.06. The molecule has 0 saturated carbocycles. The van der Waals surface area contributed by atoms with Crippen LogP contribution in [-0.2, 0) is 12.8 Å². The summed E-state index contributed by atoms with van der Waals surface area (Å²) >= 11 is 0. The summed E-state index contributed by atoms with van der Waals surface area (Å²) in [5, 5.41) is 36.0. The fraction of sp³-hybridized carbons (Fsp3) is 0.455. The largest absolute Gasteiger partial charge is 0.464 e. The lowest BCUT2D eigenvalue weighted by atomic mass is 9.85. The molecule has 0 aromatic heterocycles. The summed E-state index contributed by atoms with van der Waals surface area (Å²) < 4.78 is 20.6. The number of rotatable bonds is 13. The molecular weight excluding hydrogens is 392 g/mol. The first-order valence-electron chi connectivity index (χ1n) is 9.72. The lowest BCUT2D eigenvalue weighted by molar-refractivity contribution is 0.0742. The second-order valence-electron chi connectivity index (χ2n) is 7.02. The van der Waals surface area contributed by atoms with Crippen LogP contribution in [0.3, 0.4) is 0 Å². The van der Waals surface area contributed by atoms with E-state index in [0.29, 0.717) is 34.8 Å². The predicted molar refractivity (Wildman–Crippen MR) is 109 cm³/mol. The monoisotopic (exact) mass is 422 g/mol. The number of aliphatic hydroxyl groups excluding tert-OH is 4. The highest BCUT2D eigenvalue weighted by Crippen LogP contribution is 2.32. The van der Waals surface area contributed by atoms with Gasteiger partial charge in [0.15, 0.2) is 50.2 Å². The molecular formula is C22H30O8. The molecule has 2 aromatic rings. The van der Waals surface area contributed by atoms with Crippen LogP contribution in [0.25, 0.3) is 0 Å². The molecule has 0 aliphatic rings. The van der Waals surface area contributed by atoms with E-state index in [4.69, 9.17) is 39.4 Å². The third-order valence-electron chi connectivity index (χ3n) is 4.98. The zero-order valence-electron chi connectivity index (χ0n) is 17.3. The van der Waals surface area contributed by atoms with E-state index in [0.717, 1.165) is 24.0 Å². The highest BCUT2D eigenvalue weighted by Gasteiger charge is 2.17. The number of hydrogen-bond acceptors (Lipinski definition) is 8. The van der Waals surface area contributed by atoms with E-state index in [2.05, 4.69) is 13.8 Å². The third-order valence-corrected chi connectivity index (χ3v) is 4.98. The first-order valence-corrected chi connectivity index (χ1v) is 9.72. The van der Waals surface area contributed by atoms with E-state index in [-0.39, 0.29) is 0 Å². The van der Waals surface area contributed by atoms with E-state index in [1.54, 1.807) is 24.3 Å². The molecule has 30 heavy (non-hydrogen) atoms. The Hall–Kier alpha value is -2.52. The second kappa shape index (κ2) is 12.2. The van der Waals surface area contributed by atoms with Gasteiger partial charge in [0.05, 0.1) is 0 Å². The first kappa shape index (κ1) is 23.8. The summed E-state index contributed by atoms with van der Waals surface area (Å²) in [6.07, 6.45) is 1.57. The highest BCUT2D eigenvalue weighted by molar-refractivity contribution is 5.44. The minimum absolute atomic E-state index is 0.326. The van der Waals surface area contributed by atoms with E-state index >= 15 is 0 Å². The molecule has 2 atom stereocenters. The summed E-state index contributed by atoms with van der Waals surface area (Å²) in [4.78, 5) is 0. The lowest BCUT2D eigenvalue weighted by Gasteiger charge is -2.21. The van der Waals surface area contributed by atoms with Crippen molar-refractivity contribution in [3.05, 3.63) is 47.5 Å².